The molecule has 1 amide bonds. The number of carbonyl (C=O) groups excluding carboxylic acids is 1. The molecule has 2 aromatic rings. The van der Waals surface area contributed by atoms with Crippen LogP contribution in [0.5, 0.6) is 5.75 Å². The standard InChI is InChI=1S/C20H26N4O3/c25-18(21-14-15-3-4-15)13-19-22-20(23-27-19)16-5-7-17(8-6-16)26-12-11-24-9-1-2-10-24/h5-8,15H,1-4,9-14H2,(H,21,25). The molecule has 1 aliphatic heterocycles. The molecule has 0 radical (unpaired) electrons. The smallest absolute Gasteiger partial charge is 0.236 e. The summed E-state index contributed by atoms with van der Waals surface area (Å²) in [6.45, 7) is 4.78. The summed E-state index contributed by atoms with van der Waals surface area (Å²) in [6.07, 6.45) is 5.14. The van der Waals surface area contributed by atoms with Crippen LogP contribution in [0.2, 0.25) is 0 Å². The average molecular weight is 370 g/mol. The summed E-state index contributed by atoms with van der Waals surface area (Å²) in [5.41, 5.74) is 0.843. The molecule has 1 saturated heterocycles. The van der Waals surface area contributed by atoms with E-state index in [-0.39, 0.29) is 12.3 Å². The molecule has 2 heterocycles. The summed E-state index contributed by atoms with van der Waals surface area (Å²) < 4.78 is 11.0. The summed E-state index contributed by atoms with van der Waals surface area (Å²) >= 11 is 0. The van der Waals surface area contributed by atoms with Crippen LogP contribution >= 0.6 is 0 Å². The molecule has 1 aromatic carbocycles. The average Bonchev–Trinajstić information content (AvgIpc) is 3.14. The van der Waals surface area contributed by atoms with E-state index < -0.39 is 0 Å². The summed E-state index contributed by atoms with van der Waals surface area (Å²) in [5, 5.41) is 6.88. The minimum Gasteiger partial charge on any atom is -0.492 e. The summed E-state index contributed by atoms with van der Waals surface area (Å²) in [4.78, 5) is 18.6. The van der Waals surface area contributed by atoms with Crippen molar-refractivity contribution in [2.45, 2.75) is 32.1 Å². The van der Waals surface area contributed by atoms with E-state index in [0.29, 0.717) is 24.2 Å². The Balaban J connectivity index is 1.25. The monoisotopic (exact) mass is 370 g/mol. The Hall–Kier alpha value is -2.41. The normalized spacial score (nSPS) is 17.2. The van der Waals surface area contributed by atoms with Gasteiger partial charge < -0.3 is 14.6 Å². The second kappa shape index (κ2) is 8.52. The molecule has 2 aliphatic rings. The highest BCUT2D eigenvalue weighted by Gasteiger charge is 2.22. The largest absolute Gasteiger partial charge is 0.492 e. The van der Waals surface area contributed by atoms with E-state index in [4.69, 9.17) is 9.26 Å². The first kappa shape index (κ1) is 18.0. The number of likely N-dealkylation sites (tertiary alicyclic amines) is 1. The summed E-state index contributed by atoms with van der Waals surface area (Å²) in [5.74, 6) is 2.25. The zero-order chi connectivity index (χ0) is 18.5. The molecule has 144 valence electrons. The lowest BCUT2D eigenvalue weighted by Gasteiger charge is -2.14. The van der Waals surface area contributed by atoms with Gasteiger partial charge in [-0.2, -0.15) is 4.98 Å². The maximum atomic E-state index is 11.9. The Bertz CT molecular complexity index is 749. The van der Waals surface area contributed by atoms with E-state index >= 15 is 0 Å². The Morgan fingerprint density at radius 2 is 2.00 bits per heavy atom. The van der Waals surface area contributed by atoms with Gasteiger partial charge in [-0.05, 0) is 69.0 Å². The van der Waals surface area contributed by atoms with Crippen molar-refractivity contribution < 1.29 is 14.1 Å². The van der Waals surface area contributed by atoms with Crippen LogP contribution in [0.4, 0.5) is 0 Å². The van der Waals surface area contributed by atoms with E-state index in [2.05, 4.69) is 20.4 Å². The van der Waals surface area contributed by atoms with Crippen molar-refractivity contribution in [3.8, 4) is 17.1 Å². The Kier molecular flexibility index (Phi) is 5.67. The quantitative estimate of drug-likeness (QED) is 0.729. The molecule has 1 saturated carbocycles. The molecule has 7 nitrogen and oxygen atoms in total. The fourth-order valence-corrected chi connectivity index (χ4v) is 3.22. The van der Waals surface area contributed by atoms with Crippen molar-refractivity contribution in [1.29, 1.82) is 0 Å². The molecular formula is C20H26N4O3. The molecule has 0 unspecified atom stereocenters. The number of nitrogens with one attached hydrogen (secondary N) is 1. The van der Waals surface area contributed by atoms with Crippen LogP contribution in [-0.2, 0) is 11.2 Å². The number of benzene rings is 1. The van der Waals surface area contributed by atoms with Crippen LogP contribution in [0.1, 0.15) is 31.6 Å². The van der Waals surface area contributed by atoms with Gasteiger partial charge in [0.05, 0.1) is 0 Å². The third kappa shape index (κ3) is 5.29. The Morgan fingerprint density at radius 1 is 1.22 bits per heavy atom. The third-order valence-electron chi connectivity index (χ3n) is 5.05. The molecule has 2 fully saturated rings. The second-order valence-corrected chi connectivity index (χ2v) is 7.36. The van der Waals surface area contributed by atoms with Gasteiger partial charge in [0.25, 0.3) is 0 Å². The van der Waals surface area contributed by atoms with Crippen molar-refractivity contribution in [2.24, 2.45) is 5.92 Å². The molecule has 1 N–H and O–H groups in total. The second-order valence-electron chi connectivity index (χ2n) is 7.36. The summed E-state index contributed by atoms with van der Waals surface area (Å²) in [6, 6.07) is 7.65. The van der Waals surface area contributed by atoms with Gasteiger partial charge in [0.2, 0.25) is 17.6 Å². The SMILES string of the molecule is O=C(Cc1nc(-c2ccc(OCCN3CCCC3)cc2)no1)NCC1CC1. The van der Waals surface area contributed by atoms with Crippen LogP contribution in [0, 0.1) is 5.92 Å². The van der Waals surface area contributed by atoms with Gasteiger partial charge in [-0.15, -0.1) is 0 Å². The lowest BCUT2D eigenvalue weighted by Crippen LogP contribution is -2.27. The van der Waals surface area contributed by atoms with Gasteiger partial charge >= 0.3 is 0 Å². The number of carbonyl (C=O) groups is 1. The van der Waals surface area contributed by atoms with Crippen molar-refractivity contribution in [1.82, 2.24) is 20.4 Å². The molecule has 0 spiro atoms. The molecule has 4 rings (SSSR count). The first-order chi connectivity index (χ1) is 13.3. The van der Waals surface area contributed by atoms with Crippen molar-refractivity contribution >= 4 is 5.91 Å². The van der Waals surface area contributed by atoms with Gasteiger partial charge in [0, 0.05) is 18.7 Å². The topological polar surface area (TPSA) is 80.5 Å². The zero-order valence-corrected chi connectivity index (χ0v) is 15.5. The number of ether oxygens (including phenoxy) is 1. The van der Waals surface area contributed by atoms with Gasteiger partial charge in [0.1, 0.15) is 18.8 Å². The molecule has 0 atom stereocenters. The fraction of sp³-hybridized carbons (Fsp3) is 0.550. The van der Waals surface area contributed by atoms with E-state index in [9.17, 15) is 4.79 Å². The lowest BCUT2D eigenvalue weighted by atomic mass is 10.2. The van der Waals surface area contributed by atoms with Crippen LogP contribution in [-0.4, -0.2) is 53.7 Å². The number of nitrogens with zero attached hydrogens (tertiary/aromatic N) is 3. The highest BCUT2D eigenvalue weighted by atomic mass is 16.5. The third-order valence-corrected chi connectivity index (χ3v) is 5.05. The molecule has 7 heteroatoms. The van der Waals surface area contributed by atoms with Crippen LogP contribution in [0.25, 0.3) is 11.4 Å². The Labute approximate surface area is 159 Å². The van der Waals surface area contributed by atoms with Gasteiger partial charge in [-0.3, -0.25) is 9.69 Å². The minimum atomic E-state index is -0.0705. The van der Waals surface area contributed by atoms with E-state index in [1.54, 1.807) is 0 Å². The van der Waals surface area contributed by atoms with Crippen LogP contribution in [0.3, 0.4) is 0 Å². The number of aromatic nitrogens is 2. The zero-order valence-electron chi connectivity index (χ0n) is 15.5. The maximum Gasteiger partial charge on any atom is 0.236 e. The van der Waals surface area contributed by atoms with E-state index in [1.807, 2.05) is 24.3 Å². The van der Waals surface area contributed by atoms with Crippen LogP contribution < -0.4 is 10.1 Å². The highest BCUT2D eigenvalue weighted by Crippen LogP contribution is 2.27. The predicted octanol–water partition coefficient (Wildman–Crippen LogP) is 2.28. The number of hydrogen-bond acceptors (Lipinski definition) is 6. The van der Waals surface area contributed by atoms with Crippen molar-refractivity contribution in [3.05, 3.63) is 30.2 Å². The highest BCUT2D eigenvalue weighted by molar-refractivity contribution is 5.77. The molecule has 1 aromatic heterocycles. The van der Waals surface area contributed by atoms with E-state index in [1.165, 1.54) is 38.8 Å². The molecule has 1 aliphatic carbocycles. The number of rotatable bonds is 9. The van der Waals surface area contributed by atoms with Gasteiger partial charge in [0.15, 0.2) is 0 Å². The summed E-state index contributed by atoms with van der Waals surface area (Å²) in [7, 11) is 0. The minimum absolute atomic E-state index is 0.0705. The van der Waals surface area contributed by atoms with E-state index in [0.717, 1.165) is 24.4 Å². The fourth-order valence-electron chi connectivity index (χ4n) is 3.22. The van der Waals surface area contributed by atoms with Crippen LogP contribution in [0.15, 0.2) is 28.8 Å². The first-order valence-corrected chi connectivity index (χ1v) is 9.81. The maximum absolute atomic E-state index is 11.9. The number of amides is 1. The predicted molar refractivity (Wildman–Crippen MR) is 100 cm³/mol. The van der Waals surface area contributed by atoms with Gasteiger partial charge in [-0.1, -0.05) is 5.16 Å². The van der Waals surface area contributed by atoms with Crippen molar-refractivity contribution in [2.75, 3.05) is 32.8 Å². The van der Waals surface area contributed by atoms with Gasteiger partial charge in [-0.25, -0.2) is 0 Å². The van der Waals surface area contributed by atoms with Crippen molar-refractivity contribution in [3.63, 3.8) is 0 Å². The molecular weight excluding hydrogens is 344 g/mol. The molecule has 27 heavy (non-hydrogen) atoms. The lowest BCUT2D eigenvalue weighted by molar-refractivity contribution is -0.120. The Morgan fingerprint density at radius 3 is 2.74 bits per heavy atom. The first-order valence-electron chi connectivity index (χ1n) is 9.81. The number of hydrogen-bond donors (Lipinski definition) is 1. The molecule has 0 bridgehead atoms.